The number of hydrogen-bond acceptors (Lipinski definition) is 7. The minimum absolute atomic E-state index is 0.202. The molecule has 1 aromatic rings. The van der Waals surface area contributed by atoms with Gasteiger partial charge in [-0.25, -0.2) is 0 Å². The SMILES string of the molecule is CCOc1cc(Br)c(/C=C2\SC(=S)N(CC(=O)OC)C2=O)cc1OC. The third-order valence-electron chi connectivity index (χ3n) is 3.26. The zero-order valence-electron chi connectivity index (χ0n) is 13.8. The van der Waals surface area contributed by atoms with E-state index in [1.54, 1.807) is 25.3 Å². The number of hydrogen-bond donors (Lipinski definition) is 0. The molecule has 0 atom stereocenters. The van der Waals surface area contributed by atoms with Crippen molar-refractivity contribution in [1.82, 2.24) is 4.90 Å². The third-order valence-corrected chi connectivity index (χ3v) is 5.32. The van der Waals surface area contributed by atoms with Crippen molar-refractivity contribution in [3.8, 4) is 11.5 Å². The second kappa shape index (κ2) is 8.68. The van der Waals surface area contributed by atoms with Crippen LogP contribution in [0.4, 0.5) is 0 Å². The summed E-state index contributed by atoms with van der Waals surface area (Å²) >= 11 is 9.78. The first-order chi connectivity index (χ1) is 11.9. The monoisotopic (exact) mass is 445 g/mol. The Morgan fingerprint density at radius 3 is 2.68 bits per heavy atom. The number of thiocarbonyl (C=S) groups is 1. The molecule has 0 bridgehead atoms. The maximum absolute atomic E-state index is 12.5. The van der Waals surface area contributed by atoms with Crippen LogP contribution in [-0.4, -0.2) is 48.5 Å². The first-order valence-electron chi connectivity index (χ1n) is 7.23. The number of carbonyl (C=O) groups is 2. The van der Waals surface area contributed by atoms with E-state index in [1.807, 2.05) is 6.92 Å². The van der Waals surface area contributed by atoms with Crippen LogP contribution in [0.25, 0.3) is 6.08 Å². The largest absolute Gasteiger partial charge is 0.493 e. The number of methoxy groups -OCH3 is 2. The van der Waals surface area contributed by atoms with E-state index in [0.29, 0.717) is 27.3 Å². The number of nitrogens with zero attached hydrogens (tertiary/aromatic N) is 1. The number of rotatable bonds is 6. The smallest absolute Gasteiger partial charge is 0.325 e. The standard InChI is InChI=1S/C16H16BrNO5S2/c1-4-23-12-7-10(17)9(5-11(12)21-2)6-13-15(20)18(16(24)25-13)8-14(19)22-3/h5-7H,4,8H2,1-3H3/b13-6-. The molecule has 6 nitrogen and oxygen atoms in total. The van der Waals surface area contributed by atoms with Gasteiger partial charge in [0.05, 0.1) is 25.7 Å². The van der Waals surface area contributed by atoms with Gasteiger partial charge in [0.1, 0.15) is 10.9 Å². The Hall–Kier alpha value is -1.58. The number of esters is 1. The number of thioether (sulfide) groups is 1. The summed E-state index contributed by atoms with van der Waals surface area (Å²) < 4.78 is 16.5. The van der Waals surface area contributed by atoms with Crippen LogP contribution in [-0.2, 0) is 14.3 Å². The lowest BCUT2D eigenvalue weighted by Gasteiger charge is -2.12. The van der Waals surface area contributed by atoms with Crippen LogP contribution in [0.2, 0.25) is 0 Å². The summed E-state index contributed by atoms with van der Waals surface area (Å²) in [5.41, 5.74) is 0.735. The average Bonchev–Trinajstić information content (AvgIpc) is 2.84. The fraction of sp³-hybridized carbons (Fsp3) is 0.312. The minimum atomic E-state index is -0.526. The minimum Gasteiger partial charge on any atom is -0.493 e. The topological polar surface area (TPSA) is 65.1 Å². The highest BCUT2D eigenvalue weighted by atomic mass is 79.9. The Balaban J connectivity index is 2.33. The van der Waals surface area contributed by atoms with E-state index < -0.39 is 5.97 Å². The summed E-state index contributed by atoms with van der Waals surface area (Å²) in [5.74, 6) is 0.301. The second-order valence-corrected chi connectivity index (χ2v) is 7.33. The van der Waals surface area contributed by atoms with Gasteiger partial charge in [0.15, 0.2) is 11.5 Å². The van der Waals surface area contributed by atoms with Gasteiger partial charge in [0.2, 0.25) is 0 Å². The van der Waals surface area contributed by atoms with Gasteiger partial charge in [-0.2, -0.15) is 0 Å². The third kappa shape index (κ3) is 4.53. The molecule has 1 aliphatic heterocycles. The molecule has 2 rings (SSSR count). The zero-order chi connectivity index (χ0) is 18.6. The Morgan fingerprint density at radius 1 is 1.36 bits per heavy atom. The van der Waals surface area contributed by atoms with E-state index in [2.05, 4.69) is 20.7 Å². The highest BCUT2D eigenvalue weighted by Gasteiger charge is 2.33. The van der Waals surface area contributed by atoms with Crippen LogP contribution < -0.4 is 9.47 Å². The Labute approximate surface area is 163 Å². The van der Waals surface area contributed by atoms with Crippen molar-refractivity contribution in [2.45, 2.75) is 6.92 Å². The van der Waals surface area contributed by atoms with Gasteiger partial charge in [-0.3, -0.25) is 14.5 Å². The molecular weight excluding hydrogens is 430 g/mol. The zero-order valence-corrected chi connectivity index (χ0v) is 17.0. The summed E-state index contributed by atoms with van der Waals surface area (Å²) in [5, 5.41) is 0. The first kappa shape index (κ1) is 19.7. The van der Waals surface area contributed by atoms with Gasteiger partial charge >= 0.3 is 5.97 Å². The Bertz CT molecular complexity index is 750. The molecule has 1 aliphatic rings. The van der Waals surface area contributed by atoms with Crippen LogP contribution in [0.1, 0.15) is 12.5 Å². The molecule has 0 unspecified atom stereocenters. The molecule has 0 radical (unpaired) electrons. The molecule has 134 valence electrons. The van der Waals surface area contributed by atoms with Crippen LogP contribution >= 0.6 is 39.9 Å². The molecule has 1 heterocycles. The van der Waals surface area contributed by atoms with Gasteiger partial charge in [-0.15, -0.1) is 0 Å². The summed E-state index contributed by atoms with van der Waals surface area (Å²) in [7, 11) is 2.81. The molecule has 0 spiro atoms. The molecule has 0 aromatic heterocycles. The van der Waals surface area contributed by atoms with Gasteiger partial charge in [-0.05, 0) is 30.7 Å². The molecule has 1 saturated heterocycles. The van der Waals surface area contributed by atoms with Crippen LogP contribution in [0.5, 0.6) is 11.5 Å². The van der Waals surface area contributed by atoms with Crippen LogP contribution in [0.15, 0.2) is 21.5 Å². The van der Waals surface area contributed by atoms with Crippen molar-refractivity contribution in [2.24, 2.45) is 0 Å². The molecule has 0 saturated carbocycles. The van der Waals surface area contributed by atoms with E-state index >= 15 is 0 Å². The van der Waals surface area contributed by atoms with Crippen molar-refractivity contribution < 1.29 is 23.8 Å². The van der Waals surface area contributed by atoms with Gasteiger partial charge < -0.3 is 14.2 Å². The van der Waals surface area contributed by atoms with E-state index in [-0.39, 0.29) is 12.5 Å². The van der Waals surface area contributed by atoms with Gasteiger partial charge in [-0.1, -0.05) is 39.9 Å². The Kier molecular flexibility index (Phi) is 6.86. The fourth-order valence-electron chi connectivity index (χ4n) is 2.06. The average molecular weight is 446 g/mol. The van der Waals surface area contributed by atoms with E-state index in [1.165, 1.54) is 12.0 Å². The molecule has 9 heteroatoms. The number of halogens is 1. The molecular formula is C16H16BrNO5S2. The molecule has 1 fully saturated rings. The first-order valence-corrected chi connectivity index (χ1v) is 9.25. The normalized spacial score (nSPS) is 15.7. The number of ether oxygens (including phenoxy) is 3. The van der Waals surface area contributed by atoms with Crippen LogP contribution in [0, 0.1) is 0 Å². The lowest BCUT2D eigenvalue weighted by molar-refractivity contribution is -0.143. The molecule has 1 amide bonds. The maximum atomic E-state index is 12.5. The number of amides is 1. The number of benzene rings is 1. The fourth-order valence-corrected chi connectivity index (χ4v) is 3.74. The van der Waals surface area contributed by atoms with E-state index in [9.17, 15) is 9.59 Å². The molecule has 0 N–H and O–H groups in total. The summed E-state index contributed by atoms with van der Waals surface area (Å²) in [6, 6.07) is 3.55. The van der Waals surface area contributed by atoms with Gasteiger partial charge in [0.25, 0.3) is 5.91 Å². The van der Waals surface area contributed by atoms with Crippen molar-refractivity contribution >= 4 is 62.2 Å². The van der Waals surface area contributed by atoms with E-state index in [4.69, 9.17) is 21.7 Å². The predicted octanol–water partition coefficient (Wildman–Crippen LogP) is 3.23. The maximum Gasteiger partial charge on any atom is 0.325 e. The second-order valence-electron chi connectivity index (χ2n) is 4.80. The van der Waals surface area contributed by atoms with E-state index in [0.717, 1.165) is 21.8 Å². The van der Waals surface area contributed by atoms with Crippen molar-refractivity contribution in [1.29, 1.82) is 0 Å². The summed E-state index contributed by atoms with van der Waals surface area (Å²) in [6.45, 7) is 2.19. The van der Waals surface area contributed by atoms with Crippen molar-refractivity contribution in [3.05, 3.63) is 27.1 Å². The lowest BCUT2D eigenvalue weighted by Crippen LogP contribution is -2.33. The van der Waals surface area contributed by atoms with Crippen LogP contribution in [0.3, 0.4) is 0 Å². The van der Waals surface area contributed by atoms with Crippen molar-refractivity contribution in [2.75, 3.05) is 27.4 Å². The number of carbonyl (C=O) groups excluding carboxylic acids is 2. The predicted molar refractivity (Wildman–Crippen MR) is 104 cm³/mol. The summed E-state index contributed by atoms with van der Waals surface area (Å²) in [6.07, 6.45) is 1.69. The molecule has 1 aromatic carbocycles. The highest BCUT2D eigenvalue weighted by molar-refractivity contribution is 9.10. The van der Waals surface area contributed by atoms with Crippen molar-refractivity contribution in [3.63, 3.8) is 0 Å². The molecule has 0 aliphatic carbocycles. The highest BCUT2D eigenvalue weighted by Crippen LogP contribution is 2.38. The summed E-state index contributed by atoms with van der Waals surface area (Å²) in [4.78, 5) is 25.5. The quantitative estimate of drug-likeness (QED) is 0.378. The molecule has 25 heavy (non-hydrogen) atoms. The van der Waals surface area contributed by atoms with Gasteiger partial charge in [0, 0.05) is 4.47 Å². The Morgan fingerprint density at radius 2 is 2.08 bits per heavy atom. The lowest BCUT2D eigenvalue weighted by atomic mass is 10.2.